The lowest BCUT2D eigenvalue weighted by Gasteiger charge is -2.37. The van der Waals surface area contributed by atoms with E-state index in [1.54, 1.807) is 0 Å². The van der Waals surface area contributed by atoms with E-state index < -0.39 is 0 Å². The lowest BCUT2D eigenvalue weighted by atomic mass is 9.71. The Kier molecular flexibility index (Phi) is 5.54. The lowest BCUT2D eigenvalue weighted by molar-refractivity contribution is 0.168. The van der Waals surface area contributed by atoms with Gasteiger partial charge in [0.2, 0.25) is 0 Å². The number of nitrogens with one attached hydrogen (secondary N) is 1. The Bertz CT molecular complexity index is 218. The highest BCUT2D eigenvalue weighted by atomic mass is 14.9. The topological polar surface area (TPSA) is 12.0 Å². The number of hydrogen-bond donors (Lipinski definition) is 1. The predicted octanol–water partition coefficient (Wildman–Crippen LogP) is 4.91. The molecule has 2 aliphatic rings. The molecular formula is C17H33N. The van der Waals surface area contributed by atoms with Crippen LogP contribution in [0.15, 0.2) is 0 Å². The first-order chi connectivity index (χ1) is 8.70. The Labute approximate surface area is 114 Å². The normalized spacial score (nSPS) is 24.2. The van der Waals surface area contributed by atoms with Crippen LogP contribution in [-0.2, 0) is 0 Å². The molecular weight excluding hydrogens is 218 g/mol. The van der Waals surface area contributed by atoms with Gasteiger partial charge in [-0.15, -0.1) is 0 Å². The summed E-state index contributed by atoms with van der Waals surface area (Å²) in [5.74, 6) is 0.877. The fraction of sp³-hybridized carbons (Fsp3) is 1.00. The highest BCUT2D eigenvalue weighted by molar-refractivity contribution is 4.91. The molecule has 2 rings (SSSR count). The molecule has 106 valence electrons. The monoisotopic (exact) mass is 251 g/mol. The van der Waals surface area contributed by atoms with Gasteiger partial charge in [-0.2, -0.15) is 0 Å². The minimum absolute atomic E-state index is 0.801. The van der Waals surface area contributed by atoms with Crippen molar-refractivity contribution in [3.05, 3.63) is 0 Å². The average Bonchev–Trinajstić information content (AvgIpc) is 2.80. The summed E-state index contributed by atoms with van der Waals surface area (Å²) in [5.41, 5.74) is 0.801. The summed E-state index contributed by atoms with van der Waals surface area (Å²) in [5, 5.41) is 3.80. The third-order valence-corrected chi connectivity index (χ3v) is 5.35. The van der Waals surface area contributed by atoms with Crippen LogP contribution in [0.4, 0.5) is 0 Å². The summed E-state index contributed by atoms with van der Waals surface area (Å²) in [6, 6.07) is 0.843. The SMILES string of the molecule is CC(C)CCCCNC1CCC2(CCCC2)CC1. The summed E-state index contributed by atoms with van der Waals surface area (Å²) in [7, 11) is 0. The quantitative estimate of drug-likeness (QED) is 0.662. The molecule has 0 atom stereocenters. The molecule has 0 aliphatic heterocycles. The van der Waals surface area contributed by atoms with Crippen LogP contribution in [-0.4, -0.2) is 12.6 Å². The molecule has 2 fully saturated rings. The van der Waals surface area contributed by atoms with Gasteiger partial charge in [-0.05, 0) is 62.8 Å². The van der Waals surface area contributed by atoms with Crippen molar-refractivity contribution < 1.29 is 0 Å². The Balaban J connectivity index is 1.54. The van der Waals surface area contributed by atoms with E-state index in [4.69, 9.17) is 0 Å². The van der Waals surface area contributed by atoms with Crippen LogP contribution in [0.2, 0.25) is 0 Å². The smallest absolute Gasteiger partial charge is 0.00674 e. The average molecular weight is 251 g/mol. The molecule has 18 heavy (non-hydrogen) atoms. The Hall–Kier alpha value is -0.0400. The van der Waals surface area contributed by atoms with Crippen molar-refractivity contribution in [3.63, 3.8) is 0 Å². The molecule has 1 heteroatoms. The van der Waals surface area contributed by atoms with Crippen molar-refractivity contribution in [2.24, 2.45) is 11.3 Å². The van der Waals surface area contributed by atoms with Crippen molar-refractivity contribution in [2.75, 3.05) is 6.54 Å². The second-order valence-corrected chi connectivity index (χ2v) is 7.33. The zero-order chi connectivity index (χ0) is 12.8. The van der Waals surface area contributed by atoms with Gasteiger partial charge in [0.25, 0.3) is 0 Å². The Morgan fingerprint density at radius 3 is 2.28 bits per heavy atom. The van der Waals surface area contributed by atoms with Crippen LogP contribution in [0.25, 0.3) is 0 Å². The van der Waals surface area contributed by atoms with Gasteiger partial charge in [-0.1, -0.05) is 39.5 Å². The van der Waals surface area contributed by atoms with Crippen molar-refractivity contribution in [2.45, 2.75) is 90.5 Å². The maximum Gasteiger partial charge on any atom is 0.00674 e. The third kappa shape index (κ3) is 4.26. The standard InChI is InChI=1S/C17H33N/c1-15(2)7-3-6-14-18-16-8-12-17(13-9-16)10-4-5-11-17/h15-16,18H,3-14H2,1-2H3. The van der Waals surface area contributed by atoms with Gasteiger partial charge in [-0.25, -0.2) is 0 Å². The fourth-order valence-corrected chi connectivity index (χ4v) is 4.04. The number of rotatable bonds is 6. The van der Waals surface area contributed by atoms with Crippen molar-refractivity contribution in [3.8, 4) is 0 Å². The fourth-order valence-electron chi connectivity index (χ4n) is 4.04. The van der Waals surface area contributed by atoms with E-state index in [2.05, 4.69) is 19.2 Å². The van der Waals surface area contributed by atoms with Crippen LogP contribution in [0, 0.1) is 11.3 Å². The van der Waals surface area contributed by atoms with Gasteiger partial charge >= 0.3 is 0 Å². The zero-order valence-corrected chi connectivity index (χ0v) is 12.6. The van der Waals surface area contributed by atoms with E-state index in [0.717, 1.165) is 17.4 Å². The van der Waals surface area contributed by atoms with Gasteiger partial charge in [0.15, 0.2) is 0 Å². The molecule has 0 aromatic heterocycles. The zero-order valence-electron chi connectivity index (χ0n) is 12.6. The Morgan fingerprint density at radius 1 is 1.00 bits per heavy atom. The summed E-state index contributed by atoms with van der Waals surface area (Å²) in [4.78, 5) is 0. The maximum absolute atomic E-state index is 3.80. The van der Waals surface area contributed by atoms with E-state index >= 15 is 0 Å². The highest BCUT2D eigenvalue weighted by Crippen LogP contribution is 2.48. The van der Waals surface area contributed by atoms with Crippen LogP contribution >= 0.6 is 0 Å². The van der Waals surface area contributed by atoms with Crippen molar-refractivity contribution in [1.82, 2.24) is 5.32 Å². The molecule has 2 saturated carbocycles. The van der Waals surface area contributed by atoms with Gasteiger partial charge in [0, 0.05) is 6.04 Å². The van der Waals surface area contributed by atoms with Gasteiger partial charge in [-0.3, -0.25) is 0 Å². The molecule has 0 unspecified atom stereocenters. The first-order valence-electron chi connectivity index (χ1n) is 8.44. The van der Waals surface area contributed by atoms with Crippen LogP contribution in [0.5, 0.6) is 0 Å². The van der Waals surface area contributed by atoms with E-state index in [0.29, 0.717) is 0 Å². The van der Waals surface area contributed by atoms with Crippen LogP contribution < -0.4 is 5.32 Å². The first-order valence-corrected chi connectivity index (χ1v) is 8.44. The second-order valence-electron chi connectivity index (χ2n) is 7.33. The molecule has 0 saturated heterocycles. The highest BCUT2D eigenvalue weighted by Gasteiger charge is 2.37. The Morgan fingerprint density at radius 2 is 1.67 bits per heavy atom. The molecule has 2 aliphatic carbocycles. The molecule has 0 heterocycles. The third-order valence-electron chi connectivity index (χ3n) is 5.35. The number of unbranched alkanes of at least 4 members (excludes halogenated alkanes) is 1. The van der Waals surface area contributed by atoms with Crippen molar-refractivity contribution >= 4 is 0 Å². The van der Waals surface area contributed by atoms with Crippen molar-refractivity contribution in [1.29, 1.82) is 0 Å². The summed E-state index contributed by atoms with van der Waals surface area (Å²) in [6.45, 7) is 5.91. The van der Waals surface area contributed by atoms with Gasteiger partial charge < -0.3 is 5.32 Å². The first kappa shape index (κ1) is 14.4. The second kappa shape index (κ2) is 6.93. The molecule has 1 nitrogen and oxygen atoms in total. The van der Waals surface area contributed by atoms with Gasteiger partial charge in [0.05, 0.1) is 0 Å². The molecule has 0 aromatic rings. The molecule has 0 aromatic carbocycles. The predicted molar refractivity (Wildman–Crippen MR) is 79.8 cm³/mol. The van der Waals surface area contributed by atoms with E-state index in [1.807, 2.05) is 0 Å². The minimum atomic E-state index is 0.801. The molecule has 0 amide bonds. The number of hydrogen-bond acceptors (Lipinski definition) is 1. The molecule has 1 spiro atoms. The summed E-state index contributed by atoms with van der Waals surface area (Å²) >= 11 is 0. The van der Waals surface area contributed by atoms with Crippen LogP contribution in [0.3, 0.4) is 0 Å². The molecule has 0 bridgehead atoms. The van der Waals surface area contributed by atoms with E-state index in [9.17, 15) is 0 Å². The lowest BCUT2D eigenvalue weighted by Crippen LogP contribution is -2.37. The minimum Gasteiger partial charge on any atom is -0.314 e. The van der Waals surface area contributed by atoms with Crippen LogP contribution in [0.1, 0.15) is 84.5 Å². The van der Waals surface area contributed by atoms with E-state index in [1.165, 1.54) is 77.2 Å². The molecule has 0 radical (unpaired) electrons. The van der Waals surface area contributed by atoms with E-state index in [-0.39, 0.29) is 0 Å². The molecule has 1 N–H and O–H groups in total. The largest absolute Gasteiger partial charge is 0.314 e. The summed E-state index contributed by atoms with van der Waals surface area (Å²) in [6.07, 6.45) is 16.2. The van der Waals surface area contributed by atoms with Gasteiger partial charge in [0.1, 0.15) is 0 Å². The summed E-state index contributed by atoms with van der Waals surface area (Å²) < 4.78 is 0. The maximum atomic E-state index is 3.80.